The molecule has 7 nitrogen and oxygen atoms in total. The average molecular weight is 283 g/mol. The maximum atomic E-state index is 11.8. The molecule has 0 aliphatic rings. The molecule has 0 aromatic heterocycles. The van der Waals surface area contributed by atoms with E-state index in [1.54, 1.807) is 0 Å². The number of hydrogen-bond acceptors (Lipinski definition) is 5. The monoisotopic (exact) mass is 283 g/mol. The first-order chi connectivity index (χ1) is 8.86. The Balaban J connectivity index is 2.78. The van der Waals surface area contributed by atoms with Crippen molar-refractivity contribution in [1.29, 1.82) is 5.26 Å². The van der Waals surface area contributed by atoms with Gasteiger partial charge in [0, 0.05) is 6.54 Å². The highest BCUT2D eigenvalue weighted by Crippen LogP contribution is 2.10. The number of benzene rings is 1. The maximum absolute atomic E-state index is 11.8. The molecule has 4 N–H and O–H groups in total. The number of rotatable bonds is 6. The normalized spacial score (nSPS) is 12.6. The van der Waals surface area contributed by atoms with E-state index in [1.165, 1.54) is 24.3 Å². The van der Waals surface area contributed by atoms with Crippen molar-refractivity contribution in [2.75, 3.05) is 6.54 Å². The van der Waals surface area contributed by atoms with Gasteiger partial charge in [0.1, 0.15) is 6.10 Å². The van der Waals surface area contributed by atoms with E-state index < -0.39 is 28.6 Å². The number of sulfonamides is 1. The van der Waals surface area contributed by atoms with Gasteiger partial charge >= 0.3 is 0 Å². The summed E-state index contributed by atoms with van der Waals surface area (Å²) in [5, 5.41) is 17.6. The largest absolute Gasteiger partial charge is 0.382 e. The summed E-state index contributed by atoms with van der Waals surface area (Å²) in [6, 6.07) is 7.66. The van der Waals surface area contributed by atoms with Crippen molar-refractivity contribution in [3.8, 4) is 6.07 Å². The maximum Gasteiger partial charge on any atom is 0.247 e. The molecule has 1 amide bonds. The Labute approximate surface area is 110 Å². The molecule has 19 heavy (non-hydrogen) atoms. The molecule has 8 heteroatoms. The molecule has 0 fully saturated rings. The first kappa shape index (κ1) is 15.1. The van der Waals surface area contributed by atoms with Crippen LogP contribution in [0.3, 0.4) is 0 Å². The summed E-state index contributed by atoms with van der Waals surface area (Å²) < 4.78 is 25.6. The number of amides is 1. The minimum Gasteiger partial charge on any atom is -0.382 e. The van der Waals surface area contributed by atoms with Gasteiger partial charge in [-0.05, 0) is 17.7 Å². The number of aliphatic hydroxyl groups is 1. The lowest BCUT2D eigenvalue weighted by Crippen LogP contribution is -2.39. The number of nitriles is 1. The lowest BCUT2D eigenvalue weighted by atomic mass is 10.2. The van der Waals surface area contributed by atoms with E-state index in [0.717, 1.165) is 0 Å². The van der Waals surface area contributed by atoms with Gasteiger partial charge in [-0.25, -0.2) is 13.1 Å². The number of primary amides is 1. The van der Waals surface area contributed by atoms with Crippen molar-refractivity contribution in [3.05, 3.63) is 29.8 Å². The fraction of sp³-hybridized carbons (Fsp3) is 0.273. The molecule has 1 rings (SSSR count). The van der Waals surface area contributed by atoms with Gasteiger partial charge in [-0.15, -0.1) is 0 Å². The van der Waals surface area contributed by atoms with Crippen LogP contribution in [-0.2, 0) is 21.2 Å². The van der Waals surface area contributed by atoms with Crippen LogP contribution in [0.5, 0.6) is 0 Å². The summed E-state index contributed by atoms with van der Waals surface area (Å²) >= 11 is 0. The Bertz CT molecular complexity index is 589. The van der Waals surface area contributed by atoms with Crippen LogP contribution >= 0.6 is 0 Å². The highest BCUT2D eigenvalue weighted by atomic mass is 32.2. The van der Waals surface area contributed by atoms with Gasteiger partial charge in [-0.3, -0.25) is 4.79 Å². The van der Waals surface area contributed by atoms with E-state index in [4.69, 9.17) is 16.1 Å². The van der Waals surface area contributed by atoms with Crippen LogP contribution in [-0.4, -0.2) is 32.1 Å². The van der Waals surface area contributed by atoms with Gasteiger partial charge in [0.2, 0.25) is 15.9 Å². The second-order valence-corrected chi connectivity index (χ2v) is 5.52. The lowest BCUT2D eigenvalue weighted by molar-refractivity contribution is -0.125. The molecular weight excluding hydrogens is 270 g/mol. The molecule has 1 atom stereocenters. The average Bonchev–Trinajstić information content (AvgIpc) is 2.37. The van der Waals surface area contributed by atoms with Crippen LogP contribution in [0.15, 0.2) is 29.2 Å². The predicted octanol–water partition coefficient (Wildman–Crippen LogP) is -1.12. The third-order valence-corrected chi connectivity index (χ3v) is 3.75. The fourth-order valence-corrected chi connectivity index (χ4v) is 2.29. The summed E-state index contributed by atoms with van der Waals surface area (Å²) in [6.45, 7) is -0.488. The van der Waals surface area contributed by atoms with Gasteiger partial charge < -0.3 is 10.8 Å². The molecule has 102 valence electrons. The highest BCUT2D eigenvalue weighted by Gasteiger charge is 2.18. The summed E-state index contributed by atoms with van der Waals surface area (Å²) in [5.74, 6) is -1.01. The first-order valence-electron chi connectivity index (χ1n) is 5.30. The zero-order chi connectivity index (χ0) is 14.5. The van der Waals surface area contributed by atoms with Gasteiger partial charge in [0.25, 0.3) is 0 Å². The number of carbonyl (C=O) groups is 1. The number of carbonyl (C=O) groups excluding carboxylic acids is 1. The first-order valence-corrected chi connectivity index (χ1v) is 6.78. The van der Waals surface area contributed by atoms with Crippen molar-refractivity contribution in [3.63, 3.8) is 0 Å². The van der Waals surface area contributed by atoms with Gasteiger partial charge in [-0.1, -0.05) is 12.1 Å². The number of nitrogens with one attached hydrogen (secondary N) is 1. The quantitative estimate of drug-likeness (QED) is 0.608. The second-order valence-electron chi connectivity index (χ2n) is 3.75. The Kier molecular flexibility index (Phi) is 5.00. The van der Waals surface area contributed by atoms with Crippen molar-refractivity contribution < 1.29 is 18.3 Å². The minimum atomic E-state index is -3.82. The summed E-state index contributed by atoms with van der Waals surface area (Å²) in [6.07, 6.45) is -1.39. The van der Waals surface area contributed by atoms with Crippen molar-refractivity contribution in [2.45, 2.75) is 17.4 Å². The third-order valence-electron chi connectivity index (χ3n) is 2.31. The van der Waals surface area contributed by atoms with Crippen molar-refractivity contribution in [1.82, 2.24) is 4.72 Å². The minimum absolute atomic E-state index is 0.0224. The summed E-state index contributed by atoms with van der Waals surface area (Å²) in [4.78, 5) is 10.6. The van der Waals surface area contributed by atoms with Crippen LogP contribution in [0.1, 0.15) is 5.56 Å². The van der Waals surface area contributed by atoms with Crippen LogP contribution in [0, 0.1) is 11.3 Å². The molecule has 0 saturated carbocycles. The molecule has 0 bridgehead atoms. The summed E-state index contributed by atoms with van der Waals surface area (Å²) in [7, 11) is -3.82. The van der Waals surface area contributed by atoms with Crippen molar-refractivity contribution >= 4 is 15.9 Å². The van der Waals surface area contributed by atoms with Crippen LogP contribution in [0.4, 0.5) is 0 Å². The fourth-order valence-electron chi connectivity index (χ4n) is 1.25. The van der Waals surface area contributed by atoms with E-state index in [1.807, 2.05) is 6.07 Å². The van der Waals surface area contributed by atoms with Gasteiger partial charge in [0.05, 0.1) is 17.4 Å². The van der Waals surface area contributed by atoms with Crippen LogP contribution in [0.2, 0.25) is 0 Å². The van der Waals surface area contributed by atoms with Gasteiger partial charge in [0.15, 0.2) is 0 Å². The Morgan fingerprint density at radius 2 is 2.00 bits per heavy atom. The molecule has 0 radical (unpaired) electrons. The molecule has 0 saturated heterocycles. The molecule has 1 aromatic carbocycles. The summed E-state index contributed by atoms with van der Waals surface area (Å²) in [5.41, 5.74) is 5.50. The molecule has 0 aliphatic carbocycles. The van der Waals surface area contributed by atoms with E-state index >= 15 is 0 Å². The zero-order valence-corrected chi connectivity index (χ0v) is 10.7. The van der Waals surface area contributed by atoms with E-state index in [-0.39, 0.29) is 11.3 Å². The molecule has 1 unspecified atom stereocenters. The lowest BCUT2D eigenvalue weighted by Gasteiger charge is -2.09. The predicted molar refractivity (Wildman–Crippen MR) is 66.1 cm³/mol. The van der Waals surface area contributed by atoms with Crippen LogP contribution < -0.4 is 10.5 Å². The number of hydrogen-bond donors (Lipinski definition) is 3. The smallest absolute Gasteiger partial charge is 0.247 e. The molecular formula is C11H13N3O4S. The Hall–Kier alpha value is -1.95. The number of nitrogens with zero attached hydrogens (tertiary/aromatic N) is 1. The highest BCUT2D eigenvalue weighted by molar-refractivity contribution is 7.89. The van der Waals surface area contributed by atoms with Crippen LogP contribution in [0.25, 0.3) is 0 Å². The standard InChI is InChI=1S/C11H13N3O4S/c12-6-5-8-1-3-9(4-2-8)19(17,18)14-7-10(15)11(13)16/h1-4,10,14-15H,5,7H2,(H2,13,16). The van der Waals surface area contributed by atoms with E-state index in [9.17, 15) is 13.2 Å². The number of aliphatic hydroxyl groups excluding tert-OH is 1. The third kappa shape index (κ3) is 4.33. The SMILES string of the molecule is N#CCc1ccc(S(=O)(=O)NCC(O)C(N)=O)cc1. The topological polar surface area (TPSA) is 133 Å². The second kappa shape index (κ2) is 6.29. The zero-order valence-electron chi connectivity index (χ0n) is 9.91. The molecule has 1 aromatic rings. The van der Waals surface area contributed by atoms with E-state index in [0.29, 0.717) is 5.56 Å². The molecule has 0 spiro atoms. The molecule has 0 aliphatic heterocycles. The Morgan fingerprint density at radius 1 is 1.42 bits per heavy atom. The Morgan fingerprint density at radius 3 is 2.47 bits per heavy atom. The molecule has 0 heterocycles. The van der Waals surface area contributed by atoms with Gasteiger partial charge in [-0.2, -0.15) is 5.26 Å². The van der Waals surface area contributed by atoms with E-state index in [2.05, 4.69) is 4.72 Å². The number of nitrogens with two attached hydrogens (primary N) is 1. The van der Waals surface area contributed by atoms with Crippen molar-refractivity contribution in [2.24, 2.45) is 5.73 Å².